The minimum absolute atomic E-state index is 0.207. The Bertz CT molecular complexity index is 1280. The first-order valence-corrected chi connectivity index (χ1v) is 13.3. The molecule has 2 aromatic carbocycles. The first kappa shape index (κ1) is 28.4. The second-order valence-corrected chi connectivity index (χ2v) is 10.9. The Morgan fingerprint density at radius 1 is 1.11 bits per heavy atom. The third-order valence-electron chi connectivity index (χ3n) is 5.65. The van der Waals surface area contributed by atoms with E-state index in [-0.39, 0.29) is 23.9 Å². The van der Waals surface area contributed by atoms with Crippen LogP contribution in [0, 0.1) is 3.57 Å². The molecular formula is C28H33IN4O4. The highest BCUT2D eigenvalue weighted by Crippen LogP contribution is 2.25. The highest BCUT2D eigenvalue weighted by molar-refractivity contribution is 14.1. The number of unbranched alkanes of at least 4 members (excludes halogenated alkanes) is 1. The van der Waals surface area contributed by atoms with E-state index in [0.29, 0.717) is 21.4 Å². The van der Waals surface area contributed by atoms with Crippen LogP contribution in [0.3, 0.4) is 0 Å². The molecule has 37 heavy (non-hydrogen) atoms. The number of halogens is 1. The Balaban J connectivity index is 1.81. The molecular weight excluding hydrogens is 583 g/mol. The number of benzene rings is 2. The average molecular weight is 617 g/mol. The smallest absolute Gasteiger partial charge is 0.410 e. The standard InChI is InChI=1S/C28H33IN4O4/c1-6-7-17-32(27(36)37-28(3,4)5)19(2)20-13-15-22(16-14-20)33-18-23(29)24(31-26(33)35)30-25(34)21-11-9-8-10-12-21/h8-16,18-19H,6-7,17H2,1-5H3,(H,30,31,34,35)/t19-/m0/s1. The van der Waals surface area contributed by atoms with Gasteiger partial charge in [-0.1, -0.05) is 43.7 Å². The van der Waals surface area contributed by atoms with Crippen molar-refractivity contribution in [2.24, 2.45) is 0 Å². The van der Waals surface area contributed by atoms with Crippen LogP contribution in [0.1, 0.15) is 69.4 Å². The number of hydrogen-bond acceptors (Lipinski definition) is 5. The summed E-state index contributed by atoms with van der Waals surface area (Å²) < 4.78 is 7.68. The van der Waals surface area contributed by atoms with Gasteiger partial charge in [0.2, 0.25) is 0 Å². The molecule has 9 heteroatoms. The van der Waals surface area contributed by atoms with E-state index in [1.807, 2.05) is 80.6 Å². The summed E-state index contributed by atoms with van der Waals surface area (Å²) in [7, 11) is 0. The fourth-order valence-corrected chi connectivity index (χ4v) is 4.19. The summed E-state index contributed by atoms with van der Waals surface area (Å²) in [6.45, 7) is 10.2. The van der Waals surface area contributed by atoms with E-state index in [0.717, 1.165) is 18.4 Å². The van der Waals surface area contributed by atoms with Gasteiger partial charge in [-0.05, 0) is 86.5 Å². The molecule has 1 atom stereocenters. The maximum Gasteiger partial charge on any atom is 0.410 e. The van der Waals surface area contributed by atoms with Crippen molar-refractivity contribution in [2.75, 3.05) is 11.9 Å². The number of nitrogens with one attached hydrogen (secondary N) is 1. The Morgan fingerprint density at radius 3 is 2.35 bits per heavy atom. The number of rotatable bonds is 8. The molecule has 1 N–H and O–H groups in total. The summed E-state index contributed by atoms with van der Waals surface area (Å²) >= 11 is 2.04. The molecule has 0 aliphatic heterocycles. The van der Waals surface area contributed by atoms with Crippen LogP contribution in [0.25, 0.3) is 5.69 Å². The van der Waals surface area contributed by atoms with Gasteiger partial charge in [0.15, 0.2) is 5.82 Å². The molecule has 0 unspecified atom stereocenters. The predicted octanol–water partition coefficient (Wildman–Crippen LogP) is 6.19. The maximum absolute atomic E-state index is 12.9. The van der Waals surface area contributed by atoms with E-state index >= 15 is 0 Å². The highest BCUT2D eigenvalue weighted by Gasteiger charge is 2.26. The highest BCUT2D eigenvalue weighted by atomic mass is 127. The van der Waals surface area contributed by atoms with Crippen LogP contribution in [0.4, 0.5) is 10.6 Å². The summed E-state index contributed by atoms with van der Waals surface area (Å²) in [6, 6.07) is 16.0. The molecule has 0 saturated carbocycles. The Labute approximate surface area is 231 Å². The lowest BCUT2D eigenvalue weighted by molar-refractivity contribution is 0.0170. The first-order valence-electron chi connectivity index (χ1n) is 12.3. The van der Waals surface area contributed by atoms with E-state index < -0.39 is 11.3 Å². The van der Waals surface area contributed by atoms with Crippen LogP contribution in [0.5, 0.6) is 0 Å². The minimum Gasteiger partial charge on any atom is -0.444 e. The van der Waals surface area contributed by atoms with Gasteiger partial charge in [-0.25, -0.2) is 9.59 Å². The normalized spacial score (nSPS) is 12.1. The van der Waals surface area contributed by atoms with Crippen molar-refractivity contribution in [3.05, 3.63) is 86.0 Å². The zero-order valence-corrected chi connectivity index (χ0v) is 24.0. The van der Waals surface area contributed by atoms with Gasteiger partial charge in [0.1, 0.15) is 5.60 Å². The van der Waals surface area contributed by atoms with Crippen molar-refractivity contribution in [3.63, 3.8) is 0 Å². The quantitative estimate of drug-likeness (QED) is 0.305. The monoisotopic (exact) mass is 616 g/mol. The SMILES string of the molecule is CCCCN(C(=O)OC(C)(C)C)[C@@H](C)c1ccc(-n2cc(I)c(NC(=O)c3ccccc3)nc2=O)cc1. The zero-order valence-electron chi connectivity index (χ0n) is 21.8. The van der Waals surface area contributed by atoms with Crippen LogP contribution in [0.15, 0.2) is 65.6 Å². The van der Waals surface area contributed by atoms with Crippen LogP contribution in [-0.2, 0) is 4.74 Å². The minimum atomic E-state index is -0.580. The lowest BCUT2D eigenvalue weighted by Crippen LogP contribution is -2.39. The second-order valence-electron chi connectivity index (χ2n) is 9.70. The van der Waals surface area contributed by atoms with Gasteiger partial charge in [-0.2, -0.15) is 4.98 Å². The zero-order chi connectivity index (χ0) is 27.2. The number of nitrogens with zero attached hydrogens (tertiary/aromatic N) is 3. The molecule has 0 radical (unpaired) electrons. The molecule has 3 aromatic rings. The van der Waals surface area contributed by atoms with E-state index in [4.69, 9.17) is 4.74 Å². The van der Waals surface area contributed by atoms with E-state index in [1.165, 1.54) is 4.57 Å². The third-order valence-corrected chi connectivity index (χ3v) is 6.44. The number of carbonyl (C=O) groups excluding carboxylic acids is 2. The van der Waals surface area contributed by atoms with Crippen molar-refractivity contribution in [1.29, 1.82) is 0 Å². The van der Waals surface area contributed by atoms with Crippen molar-refractivity contribution < 1.29 is 14.3 Å². The van der Waals surface area contributed by atoms with Gasteiger partial charge in [0, 0.05) is 18.3 Å². The molecule has 1 aromatic heterocycles. The molecule has 2 amide bonds. The predicted molar refractivity (Wildman–Crippen MR) is 153 cm³/mol. The lowest BCUT2D eigenvalue weighted by Gasteiger charge is -2.32. The van der Waals surface area contributed by atoms with Crippen molar-refractivity contribution in [3.8, 4) is 5.69 Å². The van der Waals surface area contributed by atoms with Crippen LogP contribution in [-0.4, -0.2) is 38.6 Å². The molecule has 0 aliphatic rings. The molecule has 8 nitrogen and oxygen atoms in total. The van der Waals surface area contributed by atoms with E-state index in [9.17, 15) is 14.4 Å². The number of hydrogen-bond donors (Lipinski definition) is 1. The molecule has 0 saturated heterocycles. The molecule has 0 fully saturated rings. The molecule has 196 valence electrons. The van der Waals surface area contributed by atoms with Crippen molar-refractivity contribution >= 4 is 40.4 Å². The number of aromatic nitrogens is 2. The van der Waals surface area contributed by atoms with Crippen molar-refractivity contribution in [2.45, 2.75) is 59.1 Å². The van der Waals surface area contributed by atoms with E-state index in [2.05, 4.69) is 17.2 Å². The molecule has 3 rings (SSSR count). The first-order chi connectivity index (χ1) is 17.5. The fraction of sp³-hybridized carbons (Fsp3) is 0.357. The average Bonchev–Trinajstić information content (AvgIpc) is 2.85. The topological polar surface area (TPSA) is 93.5 Å². The third kappa shape index (κ3) is 7.64. The summed E-state index contributed by atoms with van der Waals surface area (Å²) in [6.07, 6.45) is 3.12. The van der Waals surface area contributed by atoms with Gasteiger partial charge in [0.25, 0.3) is 5.91 Å². The second kappa shape index (κ2) is 12.4. The van der Waals surface area contributed by atoms with E-state index in [1.54, 1.807) is 35.4 Å². The van der Waals surface area contributed by atoms with Gasteiger partial charge in [-0.3, -0.25) is 9.36 Å². The van der Waals surface area contributed by atoms with Crippen molar-refractivity contribution in [1.82, 2.24) is 14.5 Å². The largest absolute Gasteiger partial charge is 0.444 e. The molecule has 0 bridgehead atoms. The summed E-state index contributed by atoms with van der Waals surface area (Å²) in [4.78, 5) is 44.0. The van der Waals surface area contributed by atoms with Gasteiger partial charge in [0.05, 0.1) is 15.3 Å². The fourth-order valence-electron chi connectivity index (χ4n) is 3.66. The number of amides is 2. The lowest BCUT2D eigenvalue weighted by atomic mass is 10.1. The van der Waals surface area contributed by atoms with Gasteiger partial charge < -0.3 is 15.0 Å². The molecule has 1 heterocycles. The number of carbonyl (C=O) groups is 2. The number of anilines is 1. The van der Waals surface area contributed by atoms with Gasteiger partial charge >= 0.3 is 11.8 Å². The Morgan fingerprint density at radius 2 is 1.76 bits per heavy atom. The van der Waals surface area contributed by atoms with Crippen LogP contribution >= 0.6 is 22.6 Å². The van der Waals surface area contributed by atoms with Gasteiger partial charge in [-0.15, -0.1) is 0 Å². The van der Waals surface area contributed by atoms with Crippen LogP contribution < -0.4 is 11.0 Å². The Kier molecular flexibility index (Phi) is 9.47. The Hall–Kier alpha value is -3.21. The molecule has 0 aliphatic carbocycles. The molecule has 0 spiro atoms. The summed E-state index contributed by atoms with van der Waals surface area (Å²) in [5, 5.41) is 2.71. The maximum atomic E-state index is 12.9. The summed E-state index contributed by atoms with van der Waals surface area (Å²) in [5.74, 6) is -0.121. The van der Waals surface area contributed by atoms with Crippen LogP contribution in [0.2, 0.25) is 0 Å². The number of ether oxygens (including phenoxy) is 1. The summed E-state index contributed by atoms with van der Waals surface area (Å²) in [5.41, 5.74) is 0.942.